The summed E-state index contributed by atoms with van der Waals surface area (Å²) >= 11 is 0. The molecule has 0 saturated heterocycles. The lowest BCUT2D eigenvalue weighted by molar-refractivity contribution is -0.115. The molecule has 10 nitrogen and oxygen atoms in total. The molecule has 5 aromatic heterocycles. The number of aromatic amines is 2. The Bertz CT molecular complexity index is 2060. The third-order valence-electron chi connectivity index (χ3n) is 6.78. The van der Waals surface area contributed by atoms with E-state index in [0.29, 0.717) is 44.9 Å². The number of nitrogens with zero attached hydrogens (tertiary/aromatic N) is 6. The van der Waals surface area contributed by atoms with Gasteiger partial charge >= 0.3 is 0 Å². The van der Waals surface area contributed by atoms with Crippen molar-refractivity contribution in [2.45, 2.75) is 13.3 Å². The topological polar surface area (TPSA) is 130 Å². The lowest BCUT2D eigenvalue weighted by atomic mass is 10.0. The molecule has 0 aliphatic carbocycles. The molecule has 200 valence electrons. The van der Waals surface area contributed by atoms with Gasteiger partial charge in [0.15, 0.2) is 11.5 Å². The molecule has 0 bridgehead atoms. The number of nitrogens with one attached hydrogen (secondary N) is 3. The van der Waals surface area contributed by atoms with Crippen molar-refractivity contribution in [3.8, 4) is 28.3 Å². The van der Waals surface area contributed by atoms with E-state index in [2.05, 4.69) is 40.4 Å². The van der Waals surface area contributed by atoms with E-state index in [1.807, 2.05) is 54.1 Å². The fourth-order valence-electron chi connectivity index (χ4n) is 4.86. The molecule has 3 N–H and O–H groups in total. The van der Waals surface area contributed by atoms with Crippen LogP contribution in [0.1, 0.15) is 11.3 Å². The fraction of sp³-hybridized carbons (Fsp3) is 0.0667. The average molecular weight is 544 g/mol. The summed E-state index contributed by atoms with van der Waals surface area (Å²) in [7, 11) is 0. The number of hydrogen-bond donors (Lipinski definition) is 3. The molecular weight excluding hydrogens is 521 g/mol. The molecule has 0 spiro atoms. The van der Waals surface area contributed by atoms with E-state index in [1.54, 1.807) is 30.9 Å². The van der Waals surface area contributed by atoms with Gasteiger partial charge in [0.25, 0.3) is 0 Å². The third kappa shape index (κ3) is 4.59. The van der Waals surface area contributed by atoms with E-state index >= 15 is 4.39 Å². The van der Waals surface area contributed by atoms with Gasteiger partial charge < -0.3 is 14.9 Å². The number of pyridine rings is 2. The molecule has 0 saturated carbocycles. The molecule has 0 aliphatic rings. The van der Waals surface area contributed by atoms with Crippen LogP contribution < -0.4 is 5.32 Å². The highest BCUT2D eigenvalue weighted by molar-refractivity contribution is 5.97. The van der Waals surface area contributed by atoms with Crippen molar-refractivity contribution in [2.75, 3.05) is 5.32 Å². The van der Waals surface area contributed by atoms with E-state index in [0.717, 1.165) is 22.5 Å². The normalized spacial score (nSPS) is 11.4. The van der Waals surface area contributed by atoms with Crippen LogP contribution in [-0.2, 0) is 11.2 Å². The van der Waals surface area contributed by atoms with Crippen molar-refractivity contribution >= 4 is 33.7 Å². The van der Waals surface area contributed by atoms with Gasteiger partial charge in [0.1, 0.15) is 17.0 Å². The van der Waals surface area contributed by atoms with Crippen LogP contribution in [0.25, 0.3) is 50.4 Å². The summed E-state index contributed by atoms with van der Waals surface area (Å²) in [5.41, 5.74) is 6.20. The van der Waals surface area contributed by atoms with Crippen LogP contribution in [0.4, 0.5) is 10.1 Å². The summed E-state index contributed by atoms with van der Waals surface area (Å²) in [5.74, 6) is -0.154. The number of benzene rings is 2. The Labute approximate surface area is 232 Å². The predicted octanol–water partition coefficient (Wildman–Crippen LogP) is 5.38. The van der Waals surface area contributed by atoms with Gasteiger partial charge in [-0.3, -0.25) is 14.9 Å². The summed E-state index contributed by atoms with van der Waals surface area (Å²) in [6.45, 7) is 1.92. The van der Waals surface area contributed by atoms with Gasteiger partial charge in [0.2, 0.25) is 5.91 Å². The van der Waals surface area contributed by atoms with Crippen LogP contribution in [0.15, 0.2) is 85.7 Å². The second-order valence-electron chi connectivity index (χ2n) is 9.66. The van der Waals surface area contributed by atoms with Gasteiger partial charge in [0.05, 0.1) is 41.5 Å². The number of aromatic nitrogens is 8. The van der Waals surface area contributed by atoms with E-state index in [4.69, 9.17) is 0 Å². The molecular formula is C30H22FN9O. The summed E-state index contributed by atoms with van der Waals surface area (Å²) in [5, 5.41) is 10.9. The van der Waals surface area contributed by atoms with Gasteiger partial charge in [0, 0.05) is 41.2 Å². The number of carbonyl (C=O) groups excluding carboxylic acids is 1. The Balaban J connectivity index is 1.24. The number of carbonyl (C=O) groups is 1. The van der Waals surface area contributed by atoms with Gasteiger partial charge in [-0.15, -0.1) is 0 Å². The predicted molar refractivity (Wildman–Crippen MR) is 153 cm³/mol. The number of fused-ring (bicyclic) bond motifs is 2. The molecule has 41 heavy (non-hydrogen) atoms. The lowest BCUT2D eigenvalue weighted by Gasteiger charge is -2.09. The first-order valence-electron chi connectivity index (χ1n) is 12.8. The minimum Gasteiger partial charge on any atom is -0.333 e. The summed E-state index contributed by atoms with van der Waals surface area (Å²) in [4.78, 5) is 33.5. The largest absolute Gasteiger partial charge is 0.333 e. The first-order valence-corrected chi connectivity index (χ1v) is 12.8. The molecule has 11 heteroatoms. The zero-order chi connectivity index (χ0) is 27.9. The first kappa shape index (κ1) is 24.3. The minimum atomic E-state index is -0.453. The minimum absolute atomic E-state index is 0.188. The van der Waals surface area contributed by atoms with Crippen LogP contribution >= 0.6 is 0 Å². The number of halogens is 1. The first-order chi connectivity index (χ1) is 20.0. The summed E-state index contributed by atoms with van der Waals surface area (Å²) < 4.78 is 17.2. The molecule has 0 radical (unpaired) electrons. The molecule has 2 aromatic carbocycles. The van der Waals surface area contributed by atoms with Gasteiger partial charge in [-0.2, -0.15) is 5.10 Å². The maximum Gasteiger partial charge on any atom is 0.228 e. The zero-order valence-corrected chi connectivity index (χ0v) is 21.8. The number of amides is 1. The summed E-state index contributed by atoms with van der Waals surface area (Å²) in [6, 6.07) is 16.1. The number of H-pyrrole nitrogens is 2. The Morgan fingerprint density at radius 1 is 1.07 bits per heavy atom. The summed E-state index contributed by atoms with van der Waals surface area (Å²) in [6.07, 6.45) is 8.65. The maximum atomic E-state index is 15.3. The molecule has 7 rings (SSSR count). The molecule has 1 amide bonds. The number of rotatable bonds is 6. The Hall–Kier alpha value is -5.71. The average Bonchev–Trinajstić information content (AvgIpc) is 3.70. The van der Waals surface area contributed by atoms with E-state index < -0.39 is 5.82 Å². The second kappa shape index (κ2) is 9.79. The SMILES string of the molecule is Cc1cn(-c2ccnc3nc(-c4n[nH]c5cc(F)c(-c6cncc(NC(=O)Cc7ccccc7)c6)cc45)[nH]c23)cn1. The van der Waals surface area contributed by atoms with Crippen molar-refractivity contribution < 1.29 is 9.18 Å². The van der Waals surface area contributed by atoms with Crippen molar-refractivity contribution in [2.24, 2.45) is 0 Å². The van der Waals surface area contributed by atoms with Crippen LogP contribution in [0, 0.1) is 12.7 Å². The number of imidazole rings is 2. The van der Waals surface area contributed by atoms with Crippen molar-refractivity contribution in [3.05, 3.63) is 103 Å². The van der Waals surface area contributed by atoms with Gasteiger partial charge in [-0.1, -0.05) is 30.3 Å². The van der Waals surface area contributed by atoms with Crippen molar-refractivity contribution in [3.63, 3.8) is 0 Å². The van der Waals surface area contributed by atoms with Crippen LogP contribution in [0.3, 0.4) is 0 Å². The molecule has 0 unspecified atom stereocenters. The van der Waals surface area contributed by atoms with Crippen LogP contribution in [-0.4, -0.2) is 45.6 Å². The van der Waals surface area contributed by atoms with E-state index in [1.165, 1.54) is 12.3 Å². The van der Waals surface area contributed by atoms with E-state index in [-0.39, 0.29) is 12.3 Å². The van der Waals surface area contributed by atoms with Crippen molar-refractivity contribution in [1.29, 1.82) is 0 Å². The number of hydrogen-bond acceptors (Lipinski definition) is 6. The lowest BCUT2D eigenvalue weighted by Crippen LogP contribution is -2.14. The number of aryl methyl sites for hydroxylation is 1. The highest BCUT2D eigenvalue weighted by atomic mass is 19.1. The molecule has 5 heterocycles. The number of anilines is 1. The molecule has 0 atom stereocenters. The standard InChI is InChI=1S/C30H22FN9O/c1-17-15-40(16-34-17)25-7-8-33-29-28(25)36-30(37-29)27-22-11-21(23(31)12-24(22)38-39-27)19-10-20(14-32-13-19)35-26(41)9-18-5-3-2-4-6-18/h2-8,10-16H,9H2,1H3,(H,35,41)(H,38,39)(H,33,36,37). The molecule has 0 fully saturated rings. The third-order valence-corrected chi connectivity index (χ3v) is 6.78. The van der Waals surface area contributed by atoms with E-state index in [9.17, 15) is 4.79 Å². The smallest absolute Gasteiger partial charge is 0.228 e. The Morgan fingerprint density at radius 2 is 1.95 bits per heavy atom. The van der Waals surface area contributed by atoms with Crippen LogP contribution in [0.5, 0.6) is 0 Å². The maximum absolute atomic E-state index is 15.3. The fourth-order valence-corrected chi connectivity index (χ4v) is 4.86. The molecule has 7 aromatic rings. The monoisotopic (exact) mass is 543 g/mol. The Morgan fingerprint density at radius 3 is 2.78 bits per heavy atom. The highest BCUT2D eigenvalue weighted by Crippen LogP contribution is 2.33. The van der Waals surface area contributed by atoms with Crippen LogP contribution in [0.2, 0.25) is 0 Å². The van der Waals surface area contributed by atoms with Gasteiger partial charge in [-0.05, 0) is 30.7 Å². The highest BCUT2D eigenvalue weighted by Gasteiger charge is 2.18. The van der Waals surface area contributed by atoms with Gasteiger partial charge in [-0.25, -0.2) is 19.3 Å². The second-order valence-corrected chi connectivity index (χ2v) is 9.66. The zero-order valence-electron chi connectivity index (χ0n) is 21.8. The quantitative estimate of drug-likeness (QED) is 0.258. The van der Waals surface area contributed by atoms with Crippen molar-refractivity contribution in [1.82, 2.24) is 39.7 Å². The Kier molecular flexibility index (Phi) is 5.81. The molecule has 0 aliphatic heterocycles.